The Morgan fingerprint density at radius 1 is 1.19 bits per heavy atom. The van der Waals surface area contributed by atoms with E-state index in [9.17, 15) is 14.4 Å². The van der Waals surface area contributed by atoms with Crippen molar-refractivity contribution in [3.8, 4) is 0 Å². The van der Waals surface area contributed by atoms with E-state index < -0.39 is 17.1 Å². The molecule has 0 aromatic heterocycles. The molecule has 1 heterocycles. The Labute approximate surface area is 163 Å². The molecular formula is C19H15BrN2O3S. The number of hydrogen-bond acceptors (Lipinski definition) is 4. The molecule has 3 amide bonds. The molecule has 3 rings (SSSR count). The lowest BCUT2D eigenvalue weighted by Crippen LogP contribution is -2.36. The van der Waals surface area contributed by atoms with Crippen LogP contribution in [0.15, 0.2) is 57.9 Å². The Balaban J connectivity index is 1.69. The molecule has 1 N–H and O–H groups in total. The minimum atomic E-state index is -0.459. The van der Waals surface area contributed by atoms with E-state index in [1.54, 1.807) is 18.2 Å². The van der Waals surface area contributed by atoms with Crippen LogP contribution in [0.1, 0.15) is 11.1 Å². The standard InChI is InChI=1S/C19H15BrN2O3S/c1-12-5-7-15(8-6-12)21-17(23)11-22-18(24)16(26-19(22)25)10-13-3-2-4-14(20)9-13/h2-10H,11H2,1H3,(H,21,23)/b16-10-. The maximum absolute atomic E-state index is 12.5. The monoisotopic (exact) mass is 430 g/mol. The Bertz CT molecular complexity index is 909. The highest BCUT2D eigenvalue weighted by atomic mass is 79.9. The van der Waals surface area contributed by atoms with Gasteiger partial charge in [0.25, 0.3) is 11.1 Å². The number of thioether (sulfide) groups is 1. The summed E-state index contributed by atoms with van der Waals surface area (Å²) in [4.78, 5) is 38.0. The summed E-state index contributed by atoms with van der Waals surface area (Å²) in [6.07, 6.45) is 1.65. The van der Waals surface area contributed by atoms with Gasteiger partial charge < -0.3 is 5.32 Å². The number of rotatable bonds is 4. The quantitative estimate of drug-likeness (QED) is 0.728. The maximum Gasteiger partial charge on any atom is 0.294 e. The molecule has 1 aliphatic heterocycles. The average Bonchev–Trinajstić information content (AvgIpc) is 2.84. The second kappa shape index (κ2) is 7.88. The van der Waals surface area contributed by atoms with Crippen LogP contribution in [0.5, 0.6) is 0 Å². The normalized spacial score (nSPS) is 15.6. The zero-order valence-electron chi connectivity index (χ0n) is 13.9. The van der Waals surface area contributed by atoms with Crippen molar-refractivity contribution in [2.45, 2.75) is 6.92 Å². The van der Waals surface area contributed by atoms with E-state index in [-0.39, 0.29) is 6.54 Å². The number of nitrogens with one attached hydrogen (secondary N) is 1. The van der Waals surface area contributed by atoms with Crippen LogP contribution in [0.25, 0.3) is 6.08 Å². The smallest absolute Gasteiger partial charge is 0.294 e. The summed E-state index contributed by atoms with van der Waals surface area (Å²) in [6.45, 7) is 1.64. The fourth-order valence-electron chi connectivity index (χ4n) is 2.37. The molecule has 26 heavy (non-hydrogen) atoms. The molecular weight excluding hydrogens is 416 g/mol. The molecule has 0 atom stereocenters. The van der Waals surface area contributed by atoms with Crippen molar-refractivity contribution in [2.75, 3.05) is 11.9 Å². The first-order valence-electron chi connectivity index (χ1n) is 7.80. The highest BCUT2D eigenvalue weighted by molar-refractivity contribution is 9.10. The summed E-state index contributed by atoms with van der Waals surface area (Å²) in [5, 5.41) is 2.24. The van der Waals surface area contributed by atoms with Crippen molar-refractivity contribution in [1.29, 1.82) is 0 Å². The van der Waals surface area contributed by atoms with E-state index in [0.29, 0.717) is 10.6 Å². The second-order valence-electron chi connectivity index (χ2n) is 5.74. The molecule has 2 aromatic rings. The van der Waals surface area contributed by atoms with E-state index in [2.05, 4.69) is 21.2 Å². The number of carbonyl (C=O) groups is 3. The van der Waals surface area contributed by atoms with Crippen LogP contribution in [0.3, 0.4) is 0 Å². The summed E-state index contributed by atoms with van der Waals surface area (Å²) in [5.41, 5.74) is 2.50. The number of nitrogens with zero attached hydrogens (tertiary/aromatic N) is 1. The van der Waals surface area contributed by atoms with Gasteiger partial charge in [0.15, 0.2) is 0 Å². The zero-order chi connectivity index (χ0) is 18.7. The summed E-state index contributed by atoms with van der Waals surface area (Å²) in [5.74, 6) is -0.876. The molecule has 1 aliphatic rings. The van der Waals surface area contributed by atoms with Crippen LogP contribution >= 0.6 is 27.7 Å². The predicted octanol–water partition coefficient (Wildman–Crippen LogP) is 4.43. The number of hydrogen-bond donors (Lipinski definition) is 1. The molecule has 1 saturated heterocycles. The number of aryl methyl sites for hydroxylation is 1. The van der Waals surface area contributed by atoms with E-state index in [1.807, 2.05) is 43.3 Å². The fraction of sp³-hybridized carbons (Fsp3) is 0.105. The van der Waals surface area contributed by atoms with E-state index in [4.69, 9.17) is 0 Å². The van der Waals surface area contributed by atoms with Gasteiger partial charge in [0.1, 0.15) is 6.54 Å². The van der Waals surface area contributed by atoms with Gasteiger partial charge in [0.2, 0.25) is 5.91 Å². The summed E-state index contributed by atoms with van der Waals surface area (Å²) >= 11 is 4.20. The van der Waals surface area contributed by atoms with Crippen molar-refractivity contribution in [3.05, 3.63) is 69.0 Å². The van der Waals surface area contributed by atoms with Crippen LogP contribution in [-0.4, -0.2) is 28.5 Å². The molecule has 1 fully saturated rings. The second-order valence-corrected chi connectivity index (χ2v) is 7.65. The molecule has 0 spiro atoms. The Kier molecular flexibility index (Phi) is 5.58. The van der Waals surface area contributed by atoms with Crippen molar-refractivity contribution < 1.29 is 14.4 Å². The van der Waals surface area contributed by atoms with Crippen LogP contribution < -0.4 is 5.32 Å². The van der Waals surface area contributed by atoms with Gasteiger partial charge in [-0.3, -0.25) is 19.3 Å². The molecule has 2 aromatic carbocycles. The van der Waals surface area contributed by atoms with Crippen molar-refractivity contribution >= 4 is 56.5 Å². The van der Waals surface area contributed by atoms with Gasteiger partial charge in [-0.25, -0.2) is 0 Å². The Hall–Kier alpha value is -2.38. The number of halogens is 1. The first-order chi connectivity index (χ1) is 12.4. The van der Waals surface area contributed by atoms with Crippen molar-refractivity contribution in [1.82, 2.24) is 4.90 Å². The van der Waals surface area contributed by atoms with Gasteiger partial charge in [0.05, 0.1) is 4.91 Å². The van der Waals surface area contributed by atoms with E-state index in [1.165, 1.54) is 0 Å². The van der Waals surface area contributed by atoms with Crippen LogP contribution in [-0.2, 0) is 9.59 Å². The largest absolute Gasteiger partial charge is 0.325 e. The summed E-state index contributed by atoms with van der Waals surface area (Å²) < 4.78 is 0.878. The SMILES string of the molecule is Cc1ccc(NC(=O)CN2C(=O)S/C(=C\c3cccc(Br)c3)C2=O)cc1. The van der Waals surface area contributed by atoms with Gasteiger partial charge in [-0.05, 0) is 54.6 Å². The molecule has 0 bridgehead atoms. The van der Waals surface area contributed by atoms with Crippen LogP contribution in [0.2, 0.25) is 0 Å². The van der Waals surface area contributed by atoms with Gasteiger partial charge in [-0.15, -0.1) is 0 Å². The summed E-state index contributed by atoms with van der Waals surface area (Å²) in [6, 6.07) is 14.7. The van der Waals surface area contributed by atoms with Gasteiger partial charge in [-0.2, -0.15) is 0 Å². The van der Waals surface area contributed by atoms with Gasteiger partial charge in [0, 0.05) is 10.2 Å². The van der Waals surface area contributed by atoms with Gasteiger partial charge >= 0.3 is 0 Å². The Morgan fingerprint density at radius 2 is 1.92 bits per heavy atom. The van der Waals surface area contributed by atoms with Crippen LogP contribution in [0.4, 0.5) is 10.5 Å². The topological polar surface area (TPSA) is 66.5 Å². The lowest BCUT2D eigenvalue weighted by Gasteiger charge is -2.12. The predicted molar refractivity (Wildman–Crippen MR) is 107 cm³/mol. The molecule has 7 heteroatoms. The number of anilines is 1. The van der Waals surface area contributed by atoms with E-state index >= 15 is 0 Å². The minimum absolute atomic E-state index is 0.302. The highest BCUT2D eigenvalue weighted by Gasteiger charge is 2.36. The van der Waals surface area contributed by atoms with E-state index in [0.717, 1.165) is 32.3 Å². The summed E-state index contributed by atoms with van der Waals surface area (Å²) in [7, 11) is 0. The third-order valence-corrected chi connectivity index (χ3v) is 5.06. The molecule has 5 nitrogen and oxygen atoms in total. The third-order valence-electron chi connectivity index (χ3n) is 3.66. The number of carbonyl (C=O) groups excluding carboxylic acids is 3. The average molecular weight is 431 g/mol. The number of imide groups is 1. The van der Waals surface area contributed by atoms with Crippen molar-refractivity contribution in [2.24, 2.45) is 0 Å². The third kappa shape index (κ3) is 4.42. The number of benzene rings is 2. The Morgan fingerprint density at radius 3 is 2.62 bits per heavy atom. The fourth-order valence-corrected chi connectivity index (χ4v) is 3.62. The first-order valence-corrected chi connectivity index (χ1v) is 9.41. The highest BCUT2D eigenvalue weighted by Crippen LogP contribution is 2.32. The molecule has 0 aliphatic carbocycles. The first kappa shape index (κ1) is 18.4. The van der Waals surface area contributed by atoms with Crippen molar-refractivity contribution in [3.63, 3.8) is 0 Å². The molecule has 0 unspecified atom stereocenters. The number of amides is 3. The van der Waals surface area contributed by atoms with Crippen LogP contribution in [0, 0.1) is 6.92 Å². The molecule has 0 radical (unpaired) electrons. The van der Waals surface area contributed by atoms with Gasteiger partial charge in [-0.1, -0.05) is 45.8 Å². The molecule has 0 saturated carbocycles. The zero-order valence-corrected chi connectivity index (χ0v) is 16.3. The maximum atomic E-state index is 12.5. The minimum Gasteiger partial charge on any atom is -0.325 e. The molecule has 132 valence electrons. The lowest BCUT2D eigenvalue weighted by molar-refractivity contribution is -0.127. The lowest BCUT2D eigenvalue weighted by atomic mass is 10.2.